The monoisotopic (exact) mass is 524 g/mol. The number of thiocarbonyl (C=S) groups is 1. The number of carbonyl (C=O) groups excluding carboxylic acids is 2. The number of anilines is 2. The molecule has 36 heavy (non-hydrogen) atoms. The first-order valence-electron chi connectivity index (χ1n) is 10.3. The summed E-state index contributed by atoms with van der Waals surface area (Å²) in [6.07, 6.45) is -4.87. The molecule has 1 heterocycles. The summed E-state index contributed by atoms with van der Waals surface area (Å²) in [6, 6.07) is 7.72. The third-order valence-electron chi connectivity index (χ3n) is 5.55. The zero-order valence-electron chi connectivity index (χ0n) is 19.3. The lowest BCUT2D eigenvalue weighted by atomic mass is 9.98. The highest BCUT2D eigenvalue weighted by atomic mass is 32.1. The summed E-state index contributed by atoms with van der Waals surface area (Å²) in [4.78, 5) is 27.7. The molecular formula is C23H20F4N4O4S. The molecule has 3 rings (SSSR count). The van der Waals surface area contributed by atoms with Gasteiger partial charge in [-0.25, -0.2) is 4.39 Å². The van der Waals surface area contributed by atoms with Crippen LogP contribution in [0.15, 0.2) is 36.4 Å². The van der Waals surface area contributed by atoms with Crippen LogP contribution in [0, 0.1) is 17.1 Å². The maximum Gasteiger partial charge on any atom is 0.417 e. The molecule has 1 fully saturated rings. The van der Waals surface area contributed by atoms with Crippen molar-refractivity contribution in [3.63, 3.8) is 0 Å². The van der Waals surface area contributed by atoms with Gasteiger partial charge in [-0.2, -0.15) is 18.4 Å². The lowest BCUT2D eigenvalue weighted by Gasteiger charge is -2.35. The van der Waals surface area contributed by atoms with E-state index in [-0.39, 0.29) is 35.3 Å². The second kappa shape index (κ2) is 10.2. The largest absolute Gasteiger partial charge is 0.417 e. The summed E-state index contributed by atoms with van der Waals surface area (Å²) in [5.74, 6) is -2.38. The molecule has 2 amide bonds. The highest BCUT2D eigenvalue weighted by Gasteiger charge is 2.57. The molecule has 2 aromatic rings. The van der Waals surface area contributed by atoms with Crippen LogP contribution in [0.5, 0.6) is 0 Å². The second-order valence-electron chi connectivity index (χ2n) is 7.74. The maximum absolute atomic E-state index is 14.8. The topological polar surface area (TPSA) is 94.9 Å². The van der Waals surface area contributed by atoms with Crippen molar-refractivity contribution in [2.75, 3.05) is 44.3 Å². The van der Waals surface area contributed by atoms with Crippen LogP contribution in [0.4, 0.5) is 28.9 Å². The Labute approximate surface area is 209 Å². The Balaban J connectivity index is 2.22. The fraction of sp³-hybridized carbons (Fsp3) is 0.304. The molecule has 2 aromatic carbocycles. The van der Waals surface area contributed by atoms with Crippen LogP contribution in [-0.4, -0.2) is 56.9 Å². The lowest BCUT2D eigenvalue weighted by Crippen LogP contribution is -2.57. The van der Waals surface area contributed by atoms with Crippen molar-refractivity contribution < 1.29 is 36.6 Å². The number of alkyl halides is 3. The van der Waals surface area contributed by atoms with Gasteiger partial charge in [-0.3, -0.25) is 19.4 Å². The van der Waals surface area contributed by atoms with Crippen LogP contribution >= 0.6 is 12.2 Å². The molecule has 0 aromatic heterocycles. The molecule has 13 heteroatoms. The van der Waals surface area contributed by atoms with Crippen LogP contribution in [0.3, 0.4) is 0 Å². The molecule has 0 unspecified atom stereocenters. The van der Waals surface area contributed by atoms with Gasteiger partial charge in [0.2, 0.25) is 0 Å². The number of carbonyl (C=O) groups is 2. The third-order valence-corrected chi connectivity index (χ3v) is 5.91. The van der Waals surface area contributed by atoms with E-state index < -0.39 is 40.5 Å². The molecule has 0 saturated carbocycles. The number of nitrogens with zero attached hydrogens (tertiary/aromatic N) is 3. The second-order valence-corrected chi connectivity index (χ2v) is 8.10. The molecule has 0 atom stereocenters. The zero-order valence-corrected chi connectivity index (χ0v) is 20.1. The Morgan fingerprint density at radius 3 is 2.25 bits per heavy atom. The third kappa shape index (κ3) is 4.50. The SMILES string of the molecule is CNC(=O)c1ccc(N2C(=S)N(c3ccc(C#N)c(C(F)(F)F)c3)C(=O)C2(COC)COC)cc1F. The number of nitriles is 1. The summed E-state index contributed by atoms with van der Waals surface area (Å²) in [5.41, 5.74) is -4.07. The van der Waals surface area contributed by atoms with E-state index in [4.69, 9.17) is 27.0 Å². The molecule has 1 saturated heterocycles. The van der Waals surface area contributed by atoms with Crippen molar-refractivity contribution in [2.45, 2.75) is 11.7 Å². The van der Waals surface area contributed by atoms with Gasteiger partial charge in [0, 0.05) is 27.0 Å². The van der Waals surface area contributed by atoms with E-state index >= 15 is 0 Å². The normalized spacial score (nSPS) is 15.3. The first-order chi connectivity index (χ1) is 17.0. The summed E-state index contributed by atoms with van der Waals surface area (Å²) in [7, 11) is 3.93. The van der Waals surface area contributed by atoms with Crippen LogP contribution in [0.2, 0.25) is 0 Å². The van der Waals surface area contributed by atoms with Gasteiger partial charge in [-0.05, 0) is 48.6 Å². The summed E-state index contributed by atoms with van der Waals surface area (Å²) in [6.45, 7) is -0.644. The number of hydrogen-bond acceptors (Lipinski definition) is 6. The van der Waals surface area contributed by atoms with E-state index in [0.717, 1.165) is 23.1 Å². The minimum Gasteiger partial charge on any atom is -0.382 e. The standard InChI is InChI=1S/C23H20F4N4O4S/c1-29-19(32)16-7-6-15(9-18(16)24)31-21(36)30(20(33)22(31,11-34-2)12-35-3)14-5-4-13(10-28)17(8-14)23(25,26)27/h4-9H,11-12H2,1-3H3,(H,29,32). The van der Waals surface area contributed by atoms with Crippen molar-refractivity contribution in [3.05, 3.63) is 58.9 Å². The highest BCUT2D eigenvalue weighted by molar-refractivity contribution is 7.81. The van der Waals surface area contributed by atoms with E-state index in [0.29, 0.717) is 6.07 Å². The molecule has 0 spiro atoms. The van der Waals surface area contributed by atoms with Crippen LogP contribution in [0.25, 0.3) is 0 Å². The quantitative estimate of drug-likeness (QED) is 0.439. The molecule has 190 valence electrons. The number of methoxy groups -OCH3 is 2. The molecule has 0 radical (unpaired) electrons. The number of benzene rings is 2. The minimum atomic E-state index is -4.87. The molecule has 1 N–H and O–H groups in total. The van der Waals surface area contributed by atoms with Gasteiger partial charge in [0.1, 0.15) is 5.82 Å². The van der Waals surface area contributed by atoms with Gasteiger partial charge in [-0.1, -0.05) is 0 Å². The Kier molecular flexibility index (Phi) is 7.63. The Hall–Kier alpha value is -3.60. The molecule has 1 aliphatic heterocycles. The Morgan fingerprint density at radius 1 is 1.14 bits per heavy atom. The zero-order chi connectivity index (χ0) is 26.8. The summed E-state index contributed by atoms with van der Waals surface area (Å²) >= 11 is 5.50. The van der Waals surface area contributed by atoms with Crippen LogP contribution in [-0.2, 0) is 20.4 Å². The van der Waals surface area contributed by atoms with Gasteiger partial charge < -0.3 is 14.8 Å². The van der Waals surface area contributed by atoms with E-state index in [1.54, 1.807) is 0 Å². The highest BCUT2D eigenvalue weighted by Crippen LogP contribution is 2.40. The molecule has 0 bridgehead atoms. The molecule has 8 nitrogen and oxygen atoms in total. The Morgan fingerprint density at radius 2 is 1.75 bits per heavy atom. The predicted molar refractivity (Wildman–Crippen MR) is 125 cm³/mol. The first-order valence-corrected chi connectivity index (χ1v) is 10.7. The van der Waals surface area contributed by atoms with E-state index in [1.165, 1.54) is 44.4 Å². The van der Waals surface area contributed by atoms with Crippen molar-refractivity contribution in [2.24, 2.45) is 0 Å². The fourth-order valence-corrected chi connectivity index (χ4v) is 4.46. The van der Waals surface area contributed by atoms with Crippen molar-refractivity contribution in [3.8, 4) is 6.07 Å². The minimum absolute atomic E-state index is 0.0415. The summed E-state index contributed by atoms with van der Waals surface area (Å²) in [5, 5.41) is 11.1. The van der Waals surface area contributed by atoms with Gasteiger partial charge in [0.15, 0.2) is 10.7 Å². The average Bonchev–Trinajstić information content (AvgIpc) is 3.03. The van der Waals surface area contributed by atoms with Gasteiger partial charge in [0.05, 0.1) is 41.7 Å². The lowest BCUT2D eigenvalue weighted by molar-refractivity contribution is -0.137. The predicted octanol–water partition coefficient (Wildman–Crippen LogP) is 3.25. The van der Waals surface area contributed by atoms with Crippen molar-refractivity contribution >= 4 is 40.5 Å². The number of halogens is 4. The Bertz CT molecular complexity index is 1260. The van der Waals surface area contributed by atoms with Crippen LogP contribution < -0.4 is 15.1 Å². The number of rotatable bonds is 7. The smallest absolute Gasteiger partial charge is 0.382 e. The molecule has 0 aliphatic carbocycles. The van der Waals surface area contributed by atoms with Gasteiger partial charge in [0.25, 0.3) is 11.8 Å². The van der Waals surface area contributed by atoms with Gasteiger partial charge >= 0.3 is 6.18 Å². The van der Waals surface area contributed by atoms with E-state index in [1.807, 2.05) is 0 Å². The summed E-state index contributed by atoms with van der Waals surface area (Å²) < 4.78 is 66.1. The van der Waals surface area contributed by atoms with Gasteiger partial charge in [-0.15, -0.1) is 0 Å². The average molecular weight is 524 g/mol. The van der Waals surface area contributed by atoms with Crippen molar-refractivity contribution in [1.82, 2.24) is 5.32 Å². The maximum atomic E-state index is 14.8. The van der Waals surface area contributed by atoms with Crippen molar-refractivity contribution in [1.29, 1.82) is 5.26 Å². The molecule has 1 aliphatic rings. The number of nitrogens with one attached hydrogen (secondary N) is 1. The number of amides is 2. The number of ether oxygens (including phenoxy) is 2. The number of hydrogen-bond donors (Lipinski definition) is 1. The van der Waals surface area contributed by atoms with E-state index in [9.17, 15) is 27.2 Å². The van der Waals surface area contributed by atoms with E-state index in [2.05, 4.69) is 5.32 Å². The molecular weight excluding hydrogens is 504 g/mol. The fourth-order valence-electron chi connectivity index (χ4n) is 4.00. The first kappa shape index (κ1) is 27.0. The van der Waals surface area contributed by atoms with Crippen LogP contribution in [0.1, 0.15) is 21.5 Å².